The number of nitrogens with zero attached hydrogens (tertiary/aromatic N) is 3. The van der Waals surface area contributed by atoms with Crippen LogP contribution in [-0.4, -0.2) is 37.3 Å². The zero-order valence-corrected chi connectivity index (χ0v) is 14.4. The van der Waals surface area contributed by atoms with E-state index in [1.54, 1.807) is 11.1 Å². The zero-order valence-electron chi connectivity index (χ0n) is 14.4. The van der Waals surface area contributed by atoms with Gasteiger partial charge in [-0.1, -0.05) is 20.4 Å². The van der Waals surface area contributed by atoms with Crippen molar-refractivity contribution in [2.24, 2.45) is 15.6 Å². The maximum absolute atomic E-state index is 9.25. The molecule has 0 aliphatic carbocycles. The molecule has 0 heterocycles. The molecule has 3 N–H and O–H groups in total. The number of aliphatic hydroxyl groups excluding tert-OH is 1. The van der Waals surface area contributed by atoms with Gasteiger partial charge in [-0.3, -0.25) is 0 Å². The number of nitrogens with one attached hydrogen (secondary N) is 2. The predicted molar refractivity (Wildman–Crippen MR) is 95.4 cm³/mol. The van der Waals surface area contributed by atoms with Gasteiger partial charge in [0, 0.05) is 50.7 Å². The lowest BCUT2D eigenvalue weighted by Gasteiger charge is -2.22. The van der Waals surface area contributed by atoms with Crippen molar-refractivity contribution in [1.82, 2.24) is 10.2 Å². The minimum Gasteiger partial charge on any atom is -0.396 e. The van der Waals surface area contributed by atoms with Gasteiger partial charge in [-0.2, -0.15) is 0 Å². The van der Waals surface area contributed by atoms with Crippen LogP contribution in [0.2, 0.25) is 0 Å². The normalized spacial score (nSPS) is 11.9. The van der Waals surface area contributed by atoms with Gasteiger partial charge in [0.05, 0.1) is 5.69 Å². The highest BCUT2D eigenvalue weighted by Gasteiger charge is 2.15. The van der Waals surface area contributed by atoms with Gasteiger partial charge >= 0.3 is 0 Å². The number of azo groups is 1. The molecule has 0 saturated carbocycles. The van der Waals surface area contributed by atoms with Gasteiger partial charge in [0.15, 0.2) is 0 Å². The van der Waals surface area contributed by atoms with E-state index in [-0.39, 0.29) is 12.0 Å². The van der Waals surface area contributed by atoms with E-state index >= 15 is 0 Å². The van der Waals surface area contributed by atoms with Crippen molar-refractivity contribution in [2.45, 2.75) is 13.8 Å². The molecule has 1 aromatic carbocycles. The van der Waals surface area contributed by atoms with Gasteiger partial charge in [0.25, 0.3) is 0 Å². The van der Waals surface area contributed by atoms with Crippen LogP contribution in [0.1, 0.15) is 13.8 Å². The summed E-state index contributed by atoms with van der Waals surface area (Å²) in [5.41, 5.74) is 1.59. The van der Waals surface area contributed by atoms with Crippen LogP contribution in [0.25, 0.3) is 0 Å². The lowest BCUT2D eigenvalue weighted by molar-refractivity contribution is 0.171. The average molecular weight is 317 g/mol. The Morgan fingerprint density at radius 2 is 2.00 bits per heavy atom. The molecule has 6 heteroatoms. The van der Waals surface area contributed by atoms with E-state index < -0.39 is 0 Å². The third-order valence-electron chi connectivity index (χ3n) is 3.22. The van der Waals surface area contributed by atoms with E-state index in [0.29, 0.717) is 12.4 Å². The third kappa shape index (κ3) is 6.97. The van der Waals surface area contributed by atoms with Gasteiger partial charge < -0.3 is 20.6 Å². The van der Waals surface area contributed by atoms with Gasteiger partial charge in [0.2, 0.25) is 0 Å². The summed E-state index contributed by atoms with van der Waals surface area (Å²) < 4.78 is 0. The van der Waals surface area contributed by atoms with Crippen LogP contribution in [0.3, 0.4) is 0 Å². The van der Waals surface area contributed by atoms with Gasteiger partial charge in [-0.15, -0.1) is 10.2 Å². The van der Waals surface area contributed by atoms with Crippen molar-refractivity contribution in [2.75, 3.05) is 32.6 Å². The lowest BCUT2D eigenvalue weighted by atomic mass is 9.95. The fraction of sp³-hybridized carbons (Fsp3) is 0.412. The van der Waals surface area contributed by atoms with Crippen LogP contribution in [0.5, 0.6) is 0 Å². The Hall–Kier alpha value is -2.34. The Kier molecular flexibility index (Phi) is 7.28. The standard InChI is InChI=1S/C17H27N5O/c1-14(22(5)11-10-18-4)20-21-16-8-6-15(7-9-16)19-12-17(2,3)13-23/h6-11,18-19,23H,1,12-13H2,2-5H3/b11-10-,21-20?. The summed E-state index contributed by atoms with van der Waals surface area (Å²) in [4.78, 5) is 1.77. The molecule has 0 unspecified atom stereocenters. The third-order valence-corrected chi connectivity index (χ3v) is 3.22. The van der Waals surface area contributed by atoms with Crippen molar-refractivity contribution in [1.29, 1.82) is 0 Å². The van der Waals surface area contributed by atoms with Crippen LogP contribution in [0.4, 0.5) is 11.4 Å². The average Bonchev–Trinajstić information content (AvgIpc) is 2.56. The number of hydrogen-bond donors (Lipinski definition) is 3. The number of aliphatic hydroxyl groups is 1. The Bertz CT molecular complexity index is 549. The van der Waals surface area contributed by atoms with Gasteiger partial charge in [-0.05, 0) is 24.3 Å². The molecule has 0 radical (unpaired) electrons. The Balaban J connectivity index is 2.58. The lowest BCUT2D eigenvalue weighted by Crippen LogP contribution is -2.26. The second-order valence-corrected chi connectivity index (χ2v) is 6.05. The number of hydrogen-bond acceptors (Lipinski definition) is 6. The SMILES string of the molecule is C=C(N=Nc1ccc(NCC(C)(C)CO)cc1)N(C)/C=C\NC. The minimum absolute atomic E-state index is 0.143. The molecule has 23 heavy (non-hydrogen) atoms. The number of anilines is 1. The molecule has 1 aromatic rings. The van der Waals surface area contributed by atoms with Crippen molar-refractivity contribution < 1.29 is 5.11 Å². The molecule has 0 fully saturated rings. The first-order valence-electron chi connectivity index (χ1n) is 7.50. The summed E-state index contributed by atoms with van der Waals surface area (Å²) in [6.45, 7) is 8.71. The van der Waals surface area contributed by atoms with E-state index in [1.165, 1.54) is 0 Å². The highest BCUT2D eigenvalue weighted by molar-refractivity contribution is 5.50. The van der Waals surface area contributed by atoms with Gasteiger partial charge in [-0.25, -0.2) is 0 Å². The Morgan fingerprint density at radius 1 is 1.35 bits per heavy atom. The van der Waals surface area contributed by atoms with Crippen LogP contribution < -0.4 is 10.6 Å². The second kappa shape index (κ2) is 8.95. The topological polar surface area (TPSA) is 72.2 Å². The largest absolute Gasteiger partial charge is 0.396 e. The van der Waals surface area contributed by atoms with Crippen LogP contribution in [0.15, 0.2) is 59.3 Å². The number of rotatable bonds is 9. The molecule has 0 spiro atoms. The van der Waals surface area contributed by atoms with E-state index in [9.17, 15) is 5.11 Å². The first kappa shape index (κ1) is 18.7. The van der Waals surface area contributed by atoms with Crippen LogP contribution >= 0.6 is 0 Å². The van der Waals surface area contributed by atoms with E-state index in [0.717, 1.165) is 11.4 Å². The molecule has 0 atom stereocenters. The summed E-state index contributed by atoms with van der Waals surface area (Å²) in [6, 6.07) is 7.65. The summed E-state index contributed by atoms with van der Waals surface area (Å²) in [7, 11) is 3.68. The molecule has 0 aromatic heterocycles. The fourth-order valence-corrected chi connectivity index (χ4v) is 1.50. The molecule has 1 rings (SSSR count). The molecule has 0 saturated heterocycles. The van der Waals surface area contributed by atoms with E-state index in [4.69, 9.17) is 0 Å². The highest BCUT2D eigenvalue weighted by Crippen LogP contribution is 2.20. The molecule has 0 bridgehead atoms. The predicted octanol–water partition coefficient (Wildman–Crippen LogP) is 3.29. The van der Waals surface area contributed by atoms with Crippen LogP contribution in [0, 0.1) is 5.41 Å². The molecular formula is C17H27N5O. The molecule has 0 aliphatic heterocycles. The highest BCUT2D eigenvalue weighted by atomic mass is 16.3. The Morgan fingerprint density at radius 3 is 2.57 bits per heavy atom. The smallest absolute Gasteiger partial charge is 0.147 e. The molecule has 0 aliphatic rings. The molecular weight excluding hydrogens is 290 g/mol. The summed E-state index contributed by atoms with van der Waals surface area (Å²) in [5.74, 6) is 0.545. The second-order valence-electron chi connectivity index (χ2n) is 6.05. The first-order valence-corrected chi connectivity index (χ1v) is 7.50. The van der Waals surface area contributed by atoms with Crippen molar-refractivity contribution in [3.63, 3.8) is 0 Å². The van der Waals surface area contributed by atoms with Crippen molar-refractivity contribution in [3.05, 3.63) is 49.1 Å². The maximum Gasteiger partial charge on any atom is 0.147 e. The summed E-state index contributed by atoms with van der Waals surface area (Å²) >= 11 is 0. The quantitative estimate of drug-likeness (QED) is 0.611. The Labute approximate surface area is 138 Å². The van der Waals surface area contributed by atoms with E-state index in [2.05, 4.69) is 27.4 Å². The molecule has 6 nitrogen and oxygen atoms in total. The molecule has 126 valence electrons. The summed E-state index contributed by atoms with van der Waals surface area (Å²) in [5, 5.41) is 23.7. The zero-order chi connectivity index (χ0) is 17.3. The van der Waals surface area contributed by atoms with E-state index in [1.807, 2.05) is 58.4 Å². The van der Waals surface area contributed by atoms with Crippen molar-refractivity contribution >= 4 is 11.4 Å². The number of benzene rings is 1. The monoisotopic (exact) mass is 317 g/mol. The van der Waals surface area contributed by atoms with Gasteiger partial charge in [0.1, 0.15) is 5.82 Å². The van der Waals surface area contributed by atoms with Crippen molar-refractivity contribution in [3.8, 4) is 0 Å². The minimum atomic E-state index is -0.151. The fourth-order valence-electron chi connectivity index (χ4n) is 1.50. The maximum atomic E-state index is 9.25. The van der Waals surface area contributed by atoms with Crippen LogP contribution in [-0.2, 0) is 0 Å². The molecule has 0 amide bonds. The first-order chi connectivity index (χ1) is 10.9. The summed E-state index contributed by atoms with van der Waals surface area (Å²) in [6.07, 6.45) is 3.60.